The summed E-state index contributed by atoms with van der Waals surface area (Å²) in [5.74, 6) is -0.585. The van der Waals surface area contributed by atoms with Crippen molar-refractivity contribution in [1.29, 1.82) is 0 Å². The summed E-state index contributed by atoms with van der Waals surface area (Å²) in [6.45, 7) is 0.885. The van der Waals surface area contributed by atoms with Gasteiger partial charge in [0, 0.05) is 5.56 Å². The van der Waals surface area contributed by atoms with Crippen molar-refractivity contribution in [3.05, 3.63) is 23.3 Å². The number of methoxy groups -OCH3 is 2. The van der Waals surface area contributed by atoms with E-state index in [1.54, 1.807) is 12.1 Å². The van der Waals surface area contributed by atoms with Gasteiger partial charge in [0.15, 0.2) is 17.8 Å². The number of carbonyl (C=O) groups is 1. The molecule has 1 aliphatic rings. The van der Waals surface area contributed by atoms with Crippen LogP contribution in [-0.4, -0.2) is 38.5 Å². The average Bonchev–Trinajstić information content (AvgIpc) is 2.90. The molecule has 2 rings (SSSR count). The molecule has 1 aliphatic heterocycles. The highest BCUT2D eigenvalue weighted by molar-refractivity contribution is 5.94. The van der Waals surface area contributed by atoms with Crippen LogP contribution in [0.15, 0.2) is 12.1 Å². The largest absolute Gasteiger partial charge is 0.493 e. The number of hydrogen-bond donors (Lipinski definition) is 1. The lowest BCUT2D eigenvalue weighted by Gasteiger charge is -2.17. The van der Waals surface area contributed by atoms with Crippen LogP contribution in [-0.2, 0) is 9.47 Å². The SMILES string of the molecule is COc1ccc(C2OCCO2)c(C(=O)O)c1OC. The van der Waals surface area contributed by atoms with E-state index in [4.69, 9.17) is 18.9 Å². The van der Waals surface area contributed by atoms with Gasteiger partial charge in [-0.1, -0.05) is 0 Å². The van der Waals surface area contributed by atoms with Gasteiger partial charge in [-0.2, -0.15) is 0 Å². The van der Waals surface area contributed by atoms with Crippen LogP contribution in [0.1, 0.15) is 22.2 Å². The standard InChI is InChI=1S/C12H14O6/c1-15-8-4-3-7(12-17-5-6-18-12)9(11(13)14)10(8)16-2/h3-4,12H,5-6H2,1-2H3,(H,13,14). The summed E-state index contributed by atoms with van der Waals surface area (Å²) in [7, 11) is 2.84. The Labute approximate surface area is 104 Å². The fourth-order valence-electron chi connectivity index (χ4n) is 1.90. The third-order valence-electron chi connectivity index (χ3n) is 2.67. The molecule has 18 heavy (non-hydrogen) atoms. The molecule has 0 amide bonds. The van der Waals surface area contributed by atoms with Gasteiger partial charge in [0.25, 0.3) is 0 Å². The molecule has 0 spiro atoms. The highest BCUT2D eigenvalue weighted by atomic mass is 16.7. The van der Waals surface area contributed by atoms with Gasteiger partial charge in [0.05, 0.1) is 27.4 Å². The second kappa shape index (κ2) is 5.24. The third kappa shape index (κ3) is 2.12. The maximum absolute atomic E-state index is 11.4. The zero-order valence-corrected chi connectivity index (χ0v) is 10.1. The molecule has 1 N–H and O–H groups in total. The Hall–Kier alpha value is -1.79. The van der Waals surface area contributed by atoms with Gasteiger partial charge in [-0.3, -0.25) is 0 Å². The molecule has 0 atom stereocenters. The van der Waals surface area contributed by atoms with Gasteiger partial charge < -0.3 is 24.1 Å². The van der Waals surface area contributed by atoms with Crippen molar-refractivity contribution in [2.24, 2.45) is 0 Å². The van der Waals surface area contributed by atoms with Crippen molar-refractivity contribution in [2.45, 2.75) is 6.29 Å². The van der Waals surface area contributed by atoms with Crippen molar-refractivity contribution >= 4 is 5.97 Å². The number of carboxylic acid groups (broad SMARTS) is 1. The first-order chi connectivity index (χ1) is 8.69. The molecule has 1 aromatic carbocycles. The average molecular weight is 254 g/mol. The Morgan fingerprint density at radius 3 is 2.44 bits per heavy atom. The molecule has 1 saturated heterocycles. The molecule has 0 bridgehead atoms. The summed E-state index contributed by atoms with van der Waals surface area (Å²) in [5, 5.41) is 9.31. The highest BCUT2D eigenvalue weighted by Gasteiger charge is 2.28. The molecular formula is C12H14O6. The van der Waals surface area contributed by atoms with Crippen molar-refractivity contribution in [1.82, 2.24) is 0 Å². The van der Waals surface area contributed by atoms with Gasteiger partial charge >= 0.3 is 5.97 Å². The lowest BCUT2D eigenvalue weighted by Crippen LogP contribution is -2.10. The number of benzene rings is 1. The highest BCUT2D eigenvalue weighted by Crippen LogP contribution is 2.38. The van der Waals surface area contributed by atoms with E-state index in [1.807, 2.05) is 0 Å². The Morgan fingerprint density at radius 2 is 1.94 bits per heavy atom. The van der Waals surface area contributed by atoms with Crippen LogP contribution in [0.5, 0.6) is 11.5 Å². The van der Waals surface area contributed by atoms with Gasteiger partial charge in [0.2, 0.25) is 0 Å². The fourth-order valence-corrected chi connectivity index (χ4v) is 1.90. The lowest BCUT2D eigenvalue weighted by atomic mass is 10.0. The van der Waals surface area contributed by atoms with E-state index in [9.17, 15) is 9.90 Å². The molecule has 1 aromatic rings. The normalized spacial score (nSPS) is 15.7. The minimum Gasteiger partial charge on any atom is -0.493 e. The second-order valence-electron chi connectivity index (χ2n) is 3.64. The van der Waals surface area contributed by atoms with Crippen LogP contribution in [0.3, 0.4) is 0 Å². The molecule has 1 heterocycles. The minimum atomic E-state index is -1.11. The molecule has 0 aliphatic carbocycles. The van der Waals surface area contributed by atoms with Crippen LogP contribution >= 0.6 is 0 Å². The van der Waals surface area contributed by atoms with E-state index in [1.165, 1.54) is 14.2 Å². The maximum atomic E-state index is 11.4. The van der Waals surface area contributed by atoms with E-state index in [0.717, 1.165) is 0 Å². The molecule has 0 radical (unpaired) electrons. The zero-order valence-electron chi connectivity index (χ0n) is 10.1. The molecule has 0 unspecified atom stereocenters. The Morgan fingerprint density at radius 1 is 1.28 bits per heavy atom. The Kier molecular flexibility index (Phi) is 3.69. The van der Waals surface area contributed by atoms with E-state index >= 15 is 0 Å². The van der Waals surface area contributed by atoms with Crippen LogP contribution in [0.2, 0.25) is 0 Å². The van der Waals surface area contributed by atoms with Crippen molar-refractivity contribution < 1.29 is 28.8 Å². The summed E-state index contributed by atoms with van der Waals surface area (Å²) < 4.78 is 20.8. The quantitative estimate of drug-likeness (QED) is 0.876. The summed E-state index contributed by atoms with van der Waals surface area (Å²) in [4.78, 5) is 11.4. The van der Waals surface area contributed by atoms with E-state index < -0.39 is 12.3 Å². The second-order valence-corrected chi connectivity index (χ2v) is 3.64. The number of carboxylic acids is 1. The van der Waals surface area contributed by atoms with Crippen LogP contribution < -0.4 is 9.47 Å². The monoisotopic (exact) mass is 254 g/mol. The van der Waals surface area contributed by atoms with Gasteiger partial charge in [-0.15, -0.1) is 0 Å². The minimum absolute atomic E-state index is 0.00347. The van der Waals surface area contributed by atoms with Crippen LogP contribution in [0, 0.1) is 0 Å². The molecule has 0 aromatic heterocycles. The first-order valence-corrected chi connectivity index (χ1v) is 5.40. The van der Waals surface area contributed by atoms with Crippen LogP contribution in [0.25, 0.3) is 0 Å². The predicted molar refractivity (Wildman–Crippen MR) is 61.2 cm³/mol. The van der Waals surface area contributed by atoms with Crippen molar-refractivity contribution in [2.75, 3.05) is 27.4 Å². The van der Waals surface area contributed by atoms with Crippen molar-refractivity contribution in [3.8, 4) is 11.5 Å². The number of hydrogen-bond acceptors (Lipinski definition) is 5. The maximum Gasteiger partial charge on any atom is 0.340 e. The molecule has 98 valence electrons. The molecular weight excluding hydrogens is 240 g/mol. The van der Waals surface area contributed by atoms with Crippen molar-refractivity contribution in [3.63, 3.8) is 0 Å². The molecule has 1 fully saturated rings. The zero-order chi connectivity index (χ0) is 13.1. The summed E-state index contributed by atoms with van der Waals surface area (Å²) in [5.41, 5.74) is 0.432. The van der Waals surface area contributed by atoms with Gasteiger partial charge in [-0.25, -0.2) is 4.79 Å². The summed E-state index contributed by atoms with van der Waals surface area (Å²) in [6, 6.07) is 3.24. The van der Waals surface area contributed by atoms with E-state index in [2.05, 4.69) is 0 Å². The predicted octanol–water partition coefficient (Wildman–Crippen LogP) is 1.45. The molecule has 6 heteroatoms. The molecule has 0 saturated carbocycles. The fraction of sp³-hybridized carbons (Fsp3) is 0.417. The number of ether oxygens (including phenoxy) is 4. The van der Waals surface area contributed by atoms with Crippen LogP contribution in [0.4, 0.5) is 0 Å². The first kappa shape index (κ1) is 12.7. The number of aromatic carboxylic acids is 1. The summed E-state index contributed by atoms with van der Waals surface area (Å²) in [6.07, 6.45) is -0.670. The Balaban J connectivity index is 2.55. The summed E-state index contributed by atoms with van der Waals surface area (Å²) >= 11 is 0. The molecule has 6 nitrogen and oxygen atoms in total. The number of rotatable bonds is 4. The van der Waals surface area contributed by atoms with E-state index in [0.29, 0.717) is 24.5 Å². The van der Waals surface area contributed by atoms with E-state index in [-0.39, 0.29) is 11.3 Å². The smallest absolute Gasteiger partial charge is 0.340 e. The van der Waals surface area contributed by atoms with Gasteiger partial charge in [-0.05, 0) is 12.1 Å². The Bertz CT molecular complexity index is 450. The third-order valence-corrected chi connectivity index (χ3v) is 2.67. The first-order valence-electron chi connectivity index (χ1n) is 5.40. The van der Waals surface area contributed by atoms with Gasteiger partial charge in [0.1, 0.15) is 5.56 Å². The lowest BCUT2D eigenvalue weighted by molar-refractivity contribution is -0.0449. The topological polar surface area (TPSA) is 74.2 Å².